The fourth-order valence-corrected chi connectivity index (χ4v) is 1.46. The molecule has 1 atom stereocenters. The van der Waals surface area contributed by atoms with Gasteiger partial charge in [-0.1, -0.05) is 0 Å². The Balaban J connectivity index is 2.46. The molecule has 2 heterocycles. The Kier molecular flexibility index (Phi) is 2.47. The lowest BCUT2D eigenvalue weighted by atomic mass is 10.3. The Morgan fingerprint density at radius 2 is 2.31 bits per heavy atom. The maximum Gasteiger partial charge on any atom is 0.326 e. The normalized spacial score (nSPS) is 12.6. The minimum Gasteiger partial charge on any atom is -0.480 e. The highest BCUT2D eigenvalue weighted by Crippen LogP contribution is 2.18. The van der Waals surface area contributed by atoms with Gasteiger partial charge in [0.1, 0.15) is 11.6 Å². The van der Waals surface area contributed by atoms with E-state index >= 15 is 0 Å². The van der Waals surface area contributed by atoms with Crippen molar-refractivity contribution in [2.24, 2.45) is 0 Å². The van der Waals surface area contributed by atoms with Gasteiger partial charge in [-0.3, -0.25) is 0 Å². The lowest BCUT2D eigenvalue weighted by molar-refractivity contribution is -0.138. The molecule has 84 valence electrons. The highest BCUT2D eigenvalue weighted by Gasteiger charge is 2.20. The van der Waals surface area contributed by atoms with Crippen molar-refractivity contribution in [2.75, 3.05) is 11.9 Å². The van der Waals surface area contributed by atoms with E-state index in [1.165, 1.54) is 0 Å². The van der Waals surface area contributed by atoms with Crippen LogP contribution in [0.2, 0.25) is 0 Å². The SMILES string of the molecule is CC(C(=O)O)N(C)c1nccn2nccc12. The van der Waals surface area contributed by atoms with Crippen LogP contribution in [0, 0.1) is 0 Å². The first-order valence-corrected chi connectivity index (χ1v) is 4.85. The molecule has 6 nitrogen and oxygen atoms in total. The second-order valence-electron chi connectivity index (χ2n) is 3.54. The molecule has 0 aliphatic rings. The molecule has 0 saturated heterocycles. The molecule has 0 aromatic carbocycles. The molecular formula is C10H12N4O2. The highest BCUT2D eigenvalue weighted by atomic mass is 16.4. The van der Waals surface area contributed by atoms with Gasteiger partial charge in [-0.25, -0.2) is 14.3 Å². The van der Waals surface area contributed by atoms with Gasteiger partial charge in [0.25, 0.3) is 0 Å². The van der Waals surface area contributed by atoms with Gasteiger partial charge in [0, 0.05) is 19.4 Å². The number of carboxylic acids is 1. The quantitative estimate of drug-likeness (QED) is 0.821. The zero-order chi connectivity index (χ0) is 11.7. The topological polar surface area (TPSA) is 70.7 Å². The van der Waals surface area contributed by atoms with E-state index in [-0.39, 0.29) is 0 Å². The third-order valence-electron chi connectivity index (χ3n) is 2.58. The van der Waals surface area contributed by atoms with Crippen molar-refractivity contribution >= 4 is 17.3 Å². The van der Waals surface area contributed by atoms with Crippen LogP contribution in [0.5, 0.6) is 0 Å². The van der Waals surface area contributed by atoms with E-state index in [1.807, 2.05) is 0 Å². The number of carboxylic acid groups (broad SMARTS) is 1. The number of rotatable bonds is 3. The molecule has 0 aliphatic heterocycles. The van der Waals surface area contributed by atoms with Gasteiger partial charge in [-0.05, 0) is 13.0 Å². The summed E-state index contributed by atoms with van der Waals surface area (Å²) in [5, 5.41) is 13.0. The fraction of sp³-hybridized carbons (Fsp3) is 0.300. The summed E-state index contributed by atoms with van der Waals surface area (Å²) in [5.41, 5.74) is 0.790. The summed E-state index contributed by atoms with van der Waals surface area (Å²) in [6.07, 6.45) is 4.97. The zero-order valence-corrected chi connectivity index (χ0v) is 9.03. The number of aromatic nitrogens is 3. The molecule has 0 fully saturated rings. The monoisotopic (exact) mass is 220 g/mol. The molecule has 0 radical (unpaired) electrons. The highest BCUT2D eigenvalue weighted by molar-refractivity contribution is 5.80. The summed E-state index contributed by atoms with van der Waals surface area (Å²) in [4.78, 5) is 16.7. The van der Waals surface area contributed by atoms with Crippen molar-refractivity contribution in [2.45, 2.75) is 13.0 Å². The van der Waals surface area contributed by atoms with Gasteiger partial charge in [0.15, 0.2) is 5.82 Å². The maximum atomic E-state index is 10.9. The Labute approximate surface area is 92.1 Å². The molecule has 16 heavy (non-hydrogen) atoms. The Hall–Kier alpha value is -2.11. The smallest absolute Gasteiger partial charge is 0.326 e. The predicted molar refractivity (Wildman–Crippen MR) is 58.5 cm³/mol. The predicted octanol–water partition coefficient (Wildman–Crippen LogP) is 0.639. The number of anilines is 1. The van der Waals surface area contributed by atoms with Crippen molar-refractivity contribution in [3.8, 4) is 0 Å². The Morgan fingerprint density at radius 1 is 1.56 bits per heavy atom. The van der Waals surface area contributed by atoms with Crippen LogP contribution in [0.15, 0.2) is 24.7 Å². The standard InChI is InChI=1S/C10H12N4O2/c1-7(10(15)16)13(2)9-8-3-4-12-14(8)6-5-11-9/h3-7H,1-2H3,(H,15,16). The van der Waals surface area contributed by atoms with Crippen molar-refractivity contribution in [3.63, 3.8) is 0 Å². The van der Waals surface area contributed by atoms with Crippen molar-refractivity contribution in [1.29, 1.82) is 0 Å². The number of likely N-dealkylation sites (N-methyl/N-ethyl adjacent to an activating group) is 1. The van der Waals surface area contributed by atoms with Gasteiger partial charge in [-0.15, -0.1) is 0 Å². The third-order valence-corrected chi connectivity index (χ3v) is 2.58. The fourth-order valence-electron chi connectivity index (χ4n) is 1.46. The molecule has 2 aromatic rings. The number of hydrogen-bond acceptors (Lipinski definition) is 4. The average Bonchev–Trinajstić information content (AvgIpc) is 2.74. The molecule has 0 spiro atoms. The number of hydrogen-bond donors (Lipinski definition) is 1. The van der Waals surface area contributed by atoms with Crippen LogP contribution in [0.1, 0.15) is 6.92 Å². The molecule has 6 heteroatoms. The molecule has 2 rings (SSSR count). The average molecular weight is 220 g/mol. The van der Waals surface area contributed by atoms with Crippen LogP contribution in [-0.2, 0) is 4.79 Å². The first-order valence-electron chi connectivity index (χ1n) is 4.85. The summed E-state index contributed by atoms with van der Waals surface area (Å²) in [6, 6.07) is 1.17. The molecule has 2 aromatic heterocycles. The minimum absolute atomic E-state index is 0.606. The van der Waals surface area contributed by atoms with E-state index < -0.39 is 12.0 Å². The van der Waals surface area contributed by atoms with Crippen LogP contribution in [0.25, 0.3) is 5.52 Å². The van der Waals surface area contributed by atoms with E-state index in [4.69, 9.17) is 5.11 Å². The zero-order valence-electron chi connectivity index (χ0n) is 9.03. The third kappa shape index (κ3) is 1.58. The molecular weight excluding hydrogens is 208 g/mol. The van der Waals surface area contributed by atoms with Gasteiger partial charge in [0.2, 0.25) is 0 Å². The first kappa shape index (κ1) is 10.4. The van der Waals surface area contributed by atoms with Crippen molar-refractivity contribution < 1.29 is 9.90 Å². The van der Waals surface area contributed by atoms with Crippen LogP contribution in [0.3, 0.4) is 0 Å². The van der Waals surface area contributed by atoms with Gasteiger partial charge in [0.05, 0.1) is 6.20 Å². The number of aliphatic carboxylic acids is 1. The summed E-state index contributed by atoms with van der Waals surface area (Å²) in [5.74, 6) is -0.277. The lowest BCUT2D eigenvalue weighted by Gasteiger charge is -2.22. The largest absolute Gasteiger partial charge is 0.480 e. The lowest BCUT2D eigenvalue weighted by Crippen LogP contribution is -2.36. The number of nitrogens with zero attached hydrogens (tertiary/aromatic N) is 4. The van der Waals surface area contributed by atoms with E-state index in [0.717, 1.165) is 5.52 Å². The molecule has 1 unspecified atom stereocenters. The van der Waals surface area contributed by atoms with Gasteiger partial charge in [-0.2, -0.15) is 5.10 Å². The first-order chi connectivity index (χ1) is 7.61. The van der Waals surface area contributed by atoms with E-state index in [1.54, 1.807) is 48.0 Å². The van der Waals surface area contributed by atoms with Gasteiger partial charge < -0.3 is 10.0 Å². The maximum absolute atomic E-state index is 10.9. The minimum atomic E-state index is -0.884. The van der Waals surface area contributed by atoms with Crippen LogP contribution < -0.4 is 4.90 Å². The van der Waals surface area contributed by atoms with Crippen molar-refractivity contribution in [1.82, 2.24) is 14.6 Å². The van der Waals surface area contributed by atoms with Crippen molar-refractivity contribution in [3.05, 3.63) is 24.7 Å². The molecule has 0 saturated carbocycles. The molecule has 0 amide bonds. The van der Waals surface area contributed by atoms with Crippen LogP contribution in [0.4, 0.5) is 5.82 Å². The Morgan fingerprint density at radius 3 is 3.00 bits per heavy atom. The number of fused-ring (bicyclic) bond motifs is 1. The van der Waals surface area contributed by atoms with Gasteiger partial charge >= 0.3 is 5.97 Å². The summed E-state index contributed by atoms with van der Waals surface area (Å²) < 4.78 is 1.66. The summed E-state index contributed by atoms with van der Waals surface area (Å²) >= 11 is 0. The molecule has 0 bridgehead atoms. The van der Waals surface area contributed by atoms with E-state index in [2.05, 4.69) is 10.1 Å². The Bertz CT molecular complexity index is 522. The summed E-state index contributed by atoms with van der Waals surface area (Å²) in [7, 11) is 1.70. The van der Waals surface area contributed by atoms with E-state index in [0.29, 0.717) is 5.82 Å². The second kappa shape index (κ2) is 3.80. The second-order valence-corrected chi connectivity index (χ2v) is 3.54. The van der Waals surface area contributed by atoms with Crippen LogP contribution in [-0.4, -0.2) is 38.8 Å². The number of carbonyl (C=O) groups is 1. The van der Waals surface area contributed by atoms with E-state index in [9.17, 15) is 4.79 Å². The summed E-state index contributed by atoms with van der Waals surface area (Å²) in [6.45, 7) is 1.61. The molecule has 1 N–H and O–H groups in total. The van der Waals surface area contributed by atoms with Crippen LogP contribution >= 0.6 is 0 Å². The molecule has 0 aliphatic carbocycles.